The Hall–Kier alpha value is -1.49. The van der Waals surface area contributed by atoms with E-state index < -0.39 is 0 Å². The number of rotatable bonds is 2. The van der Waals surface area contributed by atoms with Gasteiger partial charge in [0.1, 0.15) is 9.52 Å². The second-order valence-electron chi connectivity index (χ2n) is 13.5. The molecule has 4 aromatic rings. The minimum absolute atomic E-state index is 0. The quantitative estimate of drug-likeness (QED) is 0.195. The first kappa shape index (κ1) is 40.5. The summed E-state index contributed by atoms with van der Waals surface area (Å²) in [7, 11) is 0.271. The maximum absolute atomic E-state index is 6.94. The van der Waals surface area contributed by atoms with Crippen molar-refractivity contribution < 1.29 is 50.7 Å². The van der Waals surface area contributed by atoms with E-state index in [0.717, 1.165) is 6.42 Å². The number of hydrogen-bond acceptors (Lipinski definition) is 0. The minimum Gasteiger partial charge on any atom is -1.00 e. The normalized spacial score (nSPS) is 11.5. The first-order chi connectivity index (χ1) is 18.1. The van der Waals surface area contributed by atoms with E-state index in [0.29, 0.717) is 0 Å². The third kappa shape index (κ3) is 13.0. The van der Waals surface area contributed by atoms with Crippen LogP contribution in [0.15, 0.2) is 91.0 Å². The Morgan fingerprint density at radius 1 is 0.619 bits per heavy atom. The molecule has 0 aliphatic heterocycles. The van der Waals surface area contributed by atoms with Crippen molar-refractivity contribution in [2.45, 2.75) is 85.1 Å². The molecule has 0 atom stereocenters. The molecular formula is C37H46Cl2HfNSi. The topological polar surface area (TPSA) is 23.8 Å². The third-order valence-electron chi connectivity index (χ3n) is 6.40. The molecule has 0 fully saturated rings. The van der Waals surface area contributed by atoms with Gasteiger partial charge in [0.25, 0.3) is 0 Å². The number of benzene rings is 4. The van der Waals surface area contributed by atoms with Gasteiger partial charge >= 0.3 is 25.8 Å². The van der Waals surface area contributed by atoms with Crippen molar-refractivity contribution in [1.29, 1.82) is 0 Å². The van der Waals surface area contributed by atoms with Crippen molar-refractivity contribution in [1.82, 2.24) is 0 Å². The maximum Gasteiger partial charge on any atom is 4.00 e. The summed E-state index contributed by atoms with van der Waals surface area (Å²) in [6.07, 6.45) is 1.03. The van der Waals surface area contributed by atoms with E-state index >= 15 is 0 Å². The summed E-state index contributed by atoms with van der Waals surface area (Å²) in [6, 6.07) is 36.5. The summed E-state index contributed by atoms with van der Waals surface area (Å²) in [5.74, 6) is 0. The molecule has 0 aromatic heterocycles. The van der Waals surface area contributed by atoms with Gasteiger partial charge in [-0.3, -0.25) is 0 Å². The van der Waals surface area contributed by atoms with Gasteiger partial charge in [0.2, 0.25) is 0 Å². The largest absolute Gasteiger partial charge is 4.00 e. The van der Waals surface area contributed by atoms with Crippen molar-refractivity contribution in [3.05, 3.63) is 125 Å². The first-order valence-electron chi connectivity index (χ1n) is 14.0. The van der Waals surface area contributed by atoms with Crippen LogP contribution in [0.1, 0.15) is 84.6 Å². The third-order valence-corrected chi connectivity index (χ3v) is 7.83. The summed E-state index contributed by atoms with van der Waals surface area (Å²) in [6.45, 7) is 19.2. The van der Waals surface area contributed by atoms with Crippen LogP contribution in [0.2, 0.25) is 0 Å². The first-order valence-corrected chi connectivity index (χ1v) is 15.2. The van der Waals surface area contributed by atoms with Crippen molar-refractivity contribution in [2.24, 2.45) is 0 Å². The van der Waals surface area contributed by atoms with Crippen LogP contribution in [-0.2, 0) is 43.1 Å². The van der Waals surface area contributed by atoms with Crippen LogP contribution in [0.4, 0.5) is 0 Å². The van der Waals surface area contributed by atoms with E-state index in [9.17, 15) is 0 Å². The van der Waals surface area contributed by atoms with Crippen LogP contribution in [0.25, 0.3) is 16.9 Å². The summed E-state index contributed by atoms with van der Waals surface area (Å²) in [4.78, 5) is 0. The molecule has 1 radical (unpaired) electrons. The Labute approximate surface area is 289 Å². The second kappa shape index (κ2) is 17.1. The molecule has 0 heterocycles. The number of halogens is 2. The molecule has 1 N–H and O–H groups in total. The van der Waals surface area contributed by atoms with E-state index in [-0.39, 0.29) is 76.5 Å². The molecule has 1 aliphatic carbocycles. The number of fused-ring (bicyclic) bond motifs is 3. The Morgan fingerprint density at radius 2 is 1.07 bits per heavy atom. The predicted octanol–water partition coefficient (Wildman–Crippen LogP) is 2.57. The maximum atomic E-state index is 6.94. The van der Waals surface area contributed by atoms with Crippen LogP contribution >= 0.6 is 0 Å². The molecule has 0 amide bonds. The molecule has 42 heavy (non-hydrogen) atoms. The molecule has 0 spiro atoms. The molecule has 0 saturated heterocycles. The fourth-order valence-electron chi connectivity index (χ4n) is 4.32. The zero-order valence-electron chi connectivity index (χ0n) is 26.7. The van der Waals surface area contributed by atoms with Gasteiger partial charge in [0.15, 0.2) is 0 Å². The van der Waals surface area contributed by atoms with Crippen LogP contribution in [0.5, 0.6) is 0 Å². The zero-order valence-corrected chi connectivity index (χ0v) is 33.0. The van der Waals surface area contributed by atoms with Gasteiger partial charge in [-0.2, -0.15) is 23.8 Å². The van der Waals surface area contributed by atoms with E-state index in [2.05, 4.69) is 139 Å². The van der Waals surface area contributed by atoms with Crippen molar-refractivity contribution in [3.63, 3.8) is 0 Å². The average molecular weight is 782 g/mol. The minimum atomic E-state index is -0.250. The summed E-state index contributed by atoms with van der Waals surface area (Å²) >= 11 is 0. The van der Waals surface area contributed by atoms with E-state index in [1.165, 1.54) is 43.8 Å². The molecular weight excluding hydrogens is 736 g/mol. The van der Waals surface area contributed by atoms with Gasteiger partial charge in [-0.25, -0.2) is 0 Å². The van der Waals surface area contributed by atoms with Crippen LogP contribution < -0.4 is 35.2 Å². The van der Waals surface area contributed by atoms with Crippen LogP contribution in [-0.4, -0.2) is 15.1 Å². The average Bonchev–Trinajstić information content (AvgIpc) is 3.21. The fourth-order valence-corrected chi connectivity index (χ4v) is 5.53. The molecule has 1 nitrogen and oxygen atoms in total. The van der Waals surface area contributed by atoms with Gasteiger partial charge < -0.3 is 30.5 Å². The van der Waals surface area contributed by atoms with Crippen molar-refractivity contribution in [2.75, 3.05) is 0 Å². The van der Waals surface area contributed by atoms with Crippen molar-refractivity contribution in [3.8, 4) is 11.1 Å². The molecule has 221 valence electrons. The second-order valence-corrected chi connectivity index (χ2v) is 15.2. The SMILES string of the molecule is CC(C)(C)[NH-].CC(C)(C)c1[c-]c2c(cc1)-c1ccc(C(C)(C)C)cc1C2.[Cl-].[Cl-].[Hf+4].c1ccc([SiH]c2ccccc2)cc1. The van der Waals surface area contributed by atoms with Crippen LogP contribution in [0.3, 0.4) is 0 Å². The van der Waals surface area contributed by atoms with Crippen molar-refractivity contribution >= 4 is 19.9 Å². The van der Waals surface area contributed by atoms with Gasteiger partial charge in [0.05, 0.1) is 0 Å². The molecule has 5 heteroatoms. The number of nitrogens with one attached hydrogen (secondary N) is 1. The standard InChI is InChI=1S/C21H25.C12H11Si.C4H10N.2ClH.Hf/c1-20(2,3)16-7-9-18-14(12-16)11-15-13-17(21(4,5)6)8-10-19(15)18;1-3-7-11(8-4-1)13-12-9-5-2-6-10-12;1-4(2,3)5;;;/h7-10,12H,11H2,1-6H3;1-10,13H;5H,1-3H3;2*1H;/q-1;;-1;;;+4/p-2. The fraction of sp³-hybridized carbons (Fsp3) is 0.351. The van der Waals surface area contributed by atoms with Crippen LogP contribution in [0, 0.1) is 6.07 Å². The molecule has 0 bridgehead atoms. The molecule has 0 saturated carbocycles. The summed E-state index contributed by atoms with van der Waals surface area (Å²) in [5, 5.41) is 2.90. The molecule has 5 rings (SSSR count). The molecule has 4 aromatic carbocycles. The van der Waals surface area contributed by atoms with Gasteiger partial charge in [0, 0.05) is 0 Å². The summed E-state index contributed by atoms with van der Waals surface area (Å²) < 4.78 is 0. The summed E-state index contributed by atoms with van der Waals surface area (Å²) in [5.41, 5.74) is 15.4. The Balaban J connectivity index is 0.000000691. The van der Waals surface area contributed by atoms with E-state index in [1.807, 2.05) is 20.8 Å². The Kier molecular flexibility index (Phi) is 16.5. The zero-order chi connectivity index (χ0) is 28.8. The monoisotopic (exact) mass is 782 g/mol. The molecule has 0 unspecified atom stereocenters. The van der Waals surface area contributed by atoms with E-state index in [4.69, 9.17) is 5.73 Å². The molecule has 1 aliphatic rings. The van der Waals surface area contributed by atoms with Gasteiger partial charge in [-0.05, 0) is 28.4 Å². The van der Waals surface area contributed by atoms with Gasteiger partial charge in [-0.15, -0.1) is 16.7 Å². The number of hydrogen-bond donors (Lipinski definition) is 0. The van der Waals surface area contributed by atoms with Gasteiger partial charge in [-0.1, -0.05) is 157 Å². The Morgan fingerprint density at radius 3 is 1.50 bits per heavy atom. The smallest absolute Gasteiger partial charge is 1.00 e. The van der Waals surface area contributed by atoms with E-state index in [1.54, 1.807) is 0 Å². The Bertz CT molecular complexity index is 1250. The predicted molar refractivity (Wildman–Crippen MR) is 174 cm³/mol.